The van der Waals surface area contributed by atoms with Crippen LogP contribution >= 0.6 is 0 Å². The molecule has 0 bridgehead atoms. The second-order valence-electron chi connectivity index (χ2n) is 12.4. The smallest absolute Gasteiger partial charge is 0.302 e. The Morgan fingerprint density at radius 2 is 1.94 bits per heavy atom. The van der Waals surface area contributed by atoms with Crippen LogP contribution in [-0.2, 0) is 9.53 Å². The van der Waals surface area contributed by atoms with E-state index in [1.807, 2.05) is 0 Å². The molecule has 0 aromatic rings. The molecule has 0 saturated heterocycles. The van der Waals surface area contributed by atoms with Crippen molar-refractivity contribution in [2.75, 3.05) is 0 Å². The van der Waals surface area contributed by atoms with Crippen LogP contribution in [0.5, 0.6) is 0 Å². The lowest BCUT2D eigenvalue weighted by Gasteiger charge is -2.58. The van der Waals surface area contributed by atoms with Crippen molar-refractivity contribution in [1.29, 1.82) is 0 Å². The first-order valence-electron chi connectivity index (χ1n) is 13.2. The average molecular weight is 427 g/mol. The van der Waals surface area contributed by atoms with Crippen molar-refractivity contribution in [1.82, 2.24) is 0 Å². The monoisotopic (exact) mass is 426 g/mol. The number of esters is 1. The van der Waals surface area contributed by atoms with Gasteiger partial charge in [0.15, 0.2) is 0 Å². The Morgan fingerprint density at radius 3 is 2.65 bits per heavy atom. The van der Waals surface area contributed by atoms with E-state index in [1.54, 1.807) is 18.1 Å². The third-order valence-electron chi connectivity index (χ3n) is 10.2. The van der Waals surface area contributed by atoms with E-state index in [-0.39, 0.29) is 12.1 Å². The molecule has 174 valence electrons. The summed E-state index contributed by atoms with van der Waals surface area (Å²) in [4.78, 5) is 11.5. The van der Waals surface area contributed by atoms with Crippen LogP contribution < -0.4 is 0 Å². The molecule has 0 spiro atoms. The van der Waals surface area contributed by atoms with Gasteiger partial charge in [-0.05, 0) is 98.2 Å². The van der Waals surface area contributed by atoms with Crippen molar-refractivity contribution in [3.05, 3.63) is 23.8 Å². The molecule has 3 saturated carbocycles. The topological polar surface area (TPSA) is 26.3 Å². The second kappa shape index (κ2) is 8.71. The SMILES string of the molecule is C=C(CCCC(C)C)[C@H]1CC[C@H]2[C@@H]3CC=C4C[C@@H](OC(C)=O)CC[C@]4(C)[C@H]3CC[C@]12C. The van der Waals surface area contributed by atoms with Crippen LogP contribution in [0, 0.1) is 40.4 Å². The molecule has 0 unspecified atom stereocenters. The highest BCUT2D eigenvalue weighted by Gasteiger charge is 2.58. The zero-order valence-electron chi connectivity index (χ0n) is 20.8. The Labute approximate surface area is 191 Å². The molecule has 4 aliphatic rings. The number of carbonyl (C=O) groups excluding carboxylic acids is 1. The minimum Gasteiger partial charge on any atom is -0.462 e. The van der Waals surface area contributed by atoms with E-state index >= 15 is 0 Å². The van der Waals surface area contributed by atoms with E-state index < -0.39 is 0 Å². The number of rotatable bonds is 6. The van der Waals surface area contributed by atoms with Crippen molar-refractivity contribution in [3.63, 3.8) is 0 Å². The third-order valence-corrected chi connectivity index (χ3v) is 10.2. The molecule has 0 amide bonds. The van der Waals surface area contributed by atoms with Crippen molar-refractivity contribution in [2.45, 2.75) is 111 Å². The van der Waals surface area contributed by atoms with Crippen molar-refractivity contribution in [2.24, 2.45) is 40.4 Å². The highest BCUT2D eigenvalue weighted by atomic mass is 16.5. The Balaban J connectivity index is 1.47. The molecule has 7 atom stereocenters. The molecule has 0 aromatic heterocycles. The summed E-state index contributed by atoms with van der Waals surface area (Å²) in [5.74, 6) is 3.93. The number of fused-ring (bicyclic) bond motifs is 5. The standard InChI is InChI=1S/C29H46O2/c1-19(2)8-7-9-20(3)25-12-13-26-24-11-10-22-18-23(31-21(4)30)14-16-28(22,5)27(24)15-17-29(25,26)6/h10,19,23-27H,3,7-9,11-18H2,1-2,4-6H3/t23-,24-,25+,26-,27-,28-,29+/m0/s1. The zero-order chi connectivity index (χ0) is 22.4. The van der Waals surface area contributed by atoms with Gasteiger partial charge in [0.25, 0.3) is 0 Å². The summed E-state index contributed by atoms with van der Waals surface area (Å²) in [6.45, 7) is 16.0. The van der Waals surface area contributed by atoms with Crippen molar-refractivity contribution in [3.8, 4) is 0 Å². The zero-order valence-corrected chi connectivity index (χ0v) is 20.8. The Morgan fingerprint density at radius 1 is 1.16 bits per heavy atom. The quantitative estimate of drug-likeness (QED) is 0.319. The molecule has 31 heavy (non-hydrogen) atoms. The van der Waals surface area contributed by atoms with E-state index in [1.165, 1.54) is 57.8 Å². The van der Waals surface area contributed by atoms with Crippen LogP contribution in [0.2, 0.25) is 0 Å². The minimum atomic E-state index is -0.123. The van der Waals surface area contributed by atoms with E-state index in [4.69, 9.17) is 4.74 Å². The van der Waals surface area contributed by atoms with E-state index in [2.05, 4.69) is 40.3 Å². The number of allylic oxidation sites excluding steroid dienone is 2. The summed E-state index contributed by atoms with van der Waals surface area (Å²) in [5.41, 5.74) is 3.95. The van der Waals surface area contributed by atoms with Gasteiger partial charge in [-0.3, -0.25) is 4.79 Å². The van der Waals surface area contributed by atoms with Crippen LogP contribution in [0.3, 0.4) is 0 Å². The molecule has 3 fully saturated rings. The first kappa shape index (κ1) is 23.1. The van der Waals surface area contributed by atoms with Gasteiger partial charge in [-0.25, -0.2) is 0 Å². The van der Waals surface area contributed by atoms with Gasteiger partial charge in [0.1, 0.15) is 6.10 Å². The summed E-state index contributed by atoms with van der Waals surface area (Å²) in [6, 6.07) is 0. The first-order valence-corrected chi connectivity index (χ1v) is 13.2. The molecule has 4 aliphatic carbocycles. The number of hydrogen-bond acceptors (Lipinski definition) is 2. The number of ether oxygens (including phenoxy) is 1. The van der Waals surface area contributed by atoms with E-state index in [9.17, 15) is 4.79 Å². The Kier molecular flexibility index (Phi) is 6.50. The van der Waals surface area contributed by atoms with Crippen LogP contribution in [0.4, 0.5) is 0 Å². The average Bonchev–Trinajstić information content (AvgIpc) is 3.05. The fourth-order valence-electron chi connectivity index (χ4n) is 8.55. The van der Waals surface area contributed by atoms with Gasteiger partial charge in [-0.2, -0.15) is 0 Å². The van der Waals surface area contributed by atoms with Gasteiger partial charge >= 0.3 is 5.97 Å². The number of carbonyl (C=O) groups is 1. The molecule has 0 aromatic carbocycles. The predicted octanol–water partition coefficient (Wildman–Crippen LogP) is 7.88. The molecule has 4 rings (SSSR count). The summed E-state index contributed by atoms with van der Waals surface area (Å²) in [5, 5.41) is 0. The predicted molar refractivity (Wildman–Crippen MR) is 129 cm³/mol. The lowest BCUT2D eigenvalue weighted by molar-refractivity contribution is -0.148. The summed E-state index contributed by atoms with van der Waals surface area (Å²) in [7, 11) is 0. The highest BCUT2D eigenvalue weighted by Crippen LogP contribution is 2.67. The molecule has 0 heterocycles. The molecule has 0 N–H and O–H groups in total. The lowest BCUT2D eigenvalue weighted by atomic mass is 9.47. The summed E-state index contributed by atoms with van der Waals surface area (Å²) < 4.78 is 5.60. The largest absolute Gasteiger partial charge is 0.462 e. The Hall–Kier alpha value is -1.05. The lowest BCUT2D eigenvalue weighted by Crippen LogP contribution is -2.50. The first-order chi connectivity index (χ1) is 14.6. The van der Waals surface area contributed by atoms with E-state index in [0.29, 0.717) is 10.8 Å². The molecule has 0 aliphatic heterocycles. The maximum Gasteiger partial charge on any atom is 0.302 e. The Bertz CT molecular complexity index is 733. The number of hydrogen-bond donors (Lipinski definition) is 0. The molecule has 0 radical (unpaired) electrons. The molecule has 2 heteroatoms. The van der Waals surface area contributed by atoms with Crippen molar-refractivity contribution >= 4 is 5.97 Å². The summed E-state index contributed by atoms with van der Waals surface area (Å²) in [6.07, 6.45) is 16.5. The fraction of sp³-hybridized carbons (Fsp3) is 0.828. The van der Waals surface area contributed by atoms with Gasteiger partial charge in [0.05, 0.1) is 0 Å². The maximum absolute atomic E-state index is 11.5. The normalized spacial score (nSPS) is 41.7. The van der Waals surface area contributed by atoms with Gasteiger partial charge in [0.2, 0.25) is 0 Å². The van der Waals surface area contributed by atoms with Crippen molar-refractivity contribution < 1.29 is 9.53 Å². The fourth-order valence-corrected chi connectivity index (χ4v) is 8.55. The van der Waals surface area contributed by atoms with Gasteiger partial charge in [-0.15, -0.1) is 0 Å². The summed E-state index contributed by atoms with van der Waals surface area (Å²) >= 11 is 0. The highest BCUT2D eigenvalue weighted by molar-refractivity contribution is 5.66. The third kappa shape index (κ3) is 4.18. The van der Waals surface area contributed by atoms with Crippen LogP contribution in [0.15, 0.2) is 23.8 Å². The maximum atomic E-state index is 11.5. The van der Waals surface area contributed by atoms with E-state index in [0.717, 1.165) is 42.4 Å². The van der Waals surface area contributed by atoms with Crippen LogP contribution in [0.25, 0.3) is 0 Å². The van der Waals surface area contributed by atoms with Crippen LogP contribution in [0.1, 0.15) is 105 Å². The minimum absolute atomic E-state index is 0.104. The van der Waals surface area contributed by atoms with Crippen LogP contribution in [-0.4, -0.2) is 12.1 Å². The molecular formula is C29H46O2. The van der Waals surface area contributed by atoms with Gasteiger partial charge < -0.3 is 4.74 Å². The van der Waals surface area contributed by atoms with Gasteiger partial charge in [-0.1, -0.05) is 57.9 Å². The second-order valence-corrected chi connectivity index (χ2v) is 12.4. The van der Waals surface area contributed by atoms with Gasteiger partial charge in [0, 0.05) is 13.3 Å². The molecular weight excluding hydrogens is 380 g/mol. The molecule has 2 nitrogen and oxygen atoms in total.